The number of hydrazone groups is 1. The van der Waals surface area contributed by atoms with E-state index in [0.29, 0.717) is 21.8 Å². The van der Waals surface area contributed by atoms with Gasteiger partial charge in [-0.3, -0.25) is 14.9 Å². The molecule has 0 fully saturated rings. The second-order valence-corrected chi connectivity index (χ2v) is 7.53. The molecule has 0 saturated heterocycles. The number of benzene rings is 2. The predicted molar refractivity (Wildman–Crippen MR) is 121 cm³/mol. The van der Waals surface area contributed by atoms with Crippen LogP contribution in [0.2, 0.25) is 0 Å². The monoisotopic (exact) mass is 469 g/mol. The predicted octanol–water partition coefficient (Wildman–Crippen LogP) is 3.72. The summed E-state index contributed by atoms with van der Waals surface area (Å²) in [5.74, 6) is -0.557. The number of carbonyl (C=O) groups excluding carboxylic acids is 2. The largest absolute Gasteiger partial charge is 0.493 e. The van der Waals surface area contributed by atoms with Crippen LogP contribution in [0.4, 0.5) is 5.69 Å². The summed E-state index contributed by atoms with van der Waals surface area (Å²) in [6.45, 7) is 1.26. The molecule has 10 nitrogen and oxygen atoms in total. The number of carbonyl (C=O) groups is 2. The zero-order valence-electron chi connectivity index (χ0n) is 17.6. The zero-order valence-corrected chi connectivity index (χ0v) is 18.5. The number of thiophene rings is 1. The van der Waals surface area contributed by atoms with Gasteiger partial charge in [0, 0.05) is 6.07 Å². The number of aryl methyl sites for hydroxylation is 1. The maximum atomic E-state index is 12.1. The number of ether oxygens (including phenoxy) is 3. The molecule has 0 bridgehead atoms. The van der Waals surface area contributed by atoms with Gasteiger partial charge in [-0.05, 0) is 53.8 Å². The van der Waals surface area contributed by atoms with Crippen molar-refractivity contribution in [2.75, 3.05) is 13.7 Å². The summed E-state index contributed by atoms with van der Waals surface area (Å²) in [4.78, 5) is 35.1. The van der Waals surface area contributed by atoms with Gasteiger partial charge in [0.2, 0.25) is 0 Å². The lowest BCUT2D eigenvalue weighted by atomic mass is 10.2. The normalized spacial score (nSPS) is 10.6. The molecule has 3 rings (SSSR count). The molecule has 170 valence electrons. The quantitative estimate of drug-likeness (QED) is 0.166. The molecule has 33 heavy (non-hydrogen) atoms. The summed E-state index contributed by atoms with van der Waals surface area (Å²) in [6.07, 6.45) is 1.36. The minimum absolute atomic E-state index is 0.0119. The molecule has 2 aromatic carbocycles. The van der Waals surface area contributed by atoms with Crippen molar-refractivity contribution in [3.8, 4) is 17.2 Å². The standard InChI is InChI=1S/C22H19N3O7S/c1-14-5-7-17(16(10-14)25(28)29)31-13-21(26)24-23-12-15-6-8-18(19(11-15)30-2)32-22(27)20-4-3-9-33-20/h3-12H,13H2,1-2H3,(H,24,26)/b23-12+. The van der Waals surface area contributed by atoms with Crippen molar-refractivity contribution < 1.29 is 28.7 Å². The van der Waals surface area contributed by atoms with Crippen LogP contribution in [0.25, 0.3) is 0 Å². The number of nitrogens with zero attached hydrogens (tertiary/aromatic N) is 2. The summed E-state index contributed by atoms with van der Waals surface area (Å²) >= 11 is 1.27. The first kappa shape index (κ1) is 23.4. The van der Waals surface area contributed by atoms with Gasteiger partial charge < -0.3 is 14.2 Å². The third-order valence-electron chi connectivity index (χ3n) is 4.19. The van der Waals surface area contributed by atoms with Crippen LogP contribution in [0.1, 0.15) is 20.8 Å². The van der Waals surface area contributed by atoms with Gasteiger partial charge in [0.25, 0.3) is 5.91 Å². The second-order valence-electron chi connectivity index (χ2n) is 6.59. The van der Waals surface area contributed by atoms with Crippen LogP contribution in [0.5, 0.6) is 17.2 Å². The van der Waals surface area contributed by atoms with Gasteiger partial charge in [-0.25, -0.2) is 10.2 Å². The Balaban J connectivity index is 1.57. The van der Waals surface area contributed by atoms with Crippen LogP contribution in [0, 0.1) is 17.0 Å². The van der Waals surface area contributed by atoms with E-state index < -0.39 is 23.4 Å². The van der Waals surface area contributed by atoms with E-state index in [1.807, 2.05) is 0 Å². The highest BCUT2D eigenvalue weighted by molar-refractivity contribution is 7.12. The fraction of sp³-hybridized carbons (Fsp3) is 0.136. The molecular formula is C22H19N3O7S. The maximum absolute atomic E-state index is 12.1. The van der Waals surface area contributed by atoms with E-state index in [4.69, 9.17) is 14.2 Å². The molecule has 0 unspecified atom stereocenters. The van der Waals surface area contributed by atoms with Crippen molar-refractivity contribution in [2.24, 2.45) is 5.10 Å². The molecule has 11 heteroatoms. The van der Waals surface area contributed by atoms with E-state index >= 15 is 0 Å². The first-order valence-corrected chi connectivity index (χ1v) is 10.4. The molecule has 1 N–H and O–H groups in total. The molecule has 0 spiro atoms. The average Bonchev–Trinajstić information content (AvgIpc) is 3.34. The number of methoxy groups -OCH3 is 1. The third-order valence-corrected chi connectivity index (χ3v) is 5.04. The Labute approximate surface area is 192 Å². The molecule has 1 heterocycles. The van der Waals surface area contributed by atoms with Gasteiger partial charge in [0.1, 0.15) is 4.88 Å². The SMILES string of the molecule is COc1cc(/C=N/NC(=O)COc2ccc(C)cc2[N+](=O)[O-])ccc1OC(=O)c1cccs1. The molecule has 0 saturated carbocycles. The number of nitro benzene ring substituents is 1. The number of esters is 1. The van der Waals surface area contributed by atoms with Gasteiger partial charge in [-0.15, -0.1) is 11.3 Å². The zero-order chi connectivity index (χ0) is 23.8. The van der Waals surface area contributed by atoms with E-state index in [1.165, 1.54) is 36.8 Å². The van der Waals surface area contributed by atoms with Crippen molar-refractivity contribution in [1.82, 2.24) is 5.43 Å². The minimum Gasteiger partial charge on any atom is -0.493 e. The molecular weight excluding hydrogens is 450 g/mol. The Morgan fingerprint density at radius 1 is 1.15 bits per heavy atom. The molecule has 3 aromatic rings. The Morgan fingerprint density at radius 2 is 1.94 bits per heavy atom. The minimum atomic E-state index is -0.602. The van der Waals surface area contributed by atoms with Crippen molar-refractivity contribution in [3.63, 3.8) is 0 Å². The summed E-state index contributed by atoms with van der Waals surface area (Å²) in [5.41, 5.74) is 3.32. The first-order valence-electron chi connectivity index (χ1n) is 9.51. The highest BCUT2D eigenvalue weighted by Crippen LogP contribution is 2.29. The number of hydrogen-bond acceptors (Lipinski definition) is 9. The number of amides is 1. The van der Waals surface area contributed by atoms with Crippen LogP contribution >= 0.6 is 11.3 Å². The second kappa shape index (κ2) is 10.9. The van der Waals surface area contributed by atoms with Crippen molar-refractivity contribution in [3.05, 3.63) is 80.0 Å². The molecule has 0 radical (unpaired) electrons. The fourth-order valence-corrected chi connectivity index (χ4v) is 3.24. The lowest BCUT2D eigenvalue weighted by molar-refractivity contribution is -0.385. The van der Waals surface area contributed by atoms with Crippen LogP contribution in [-0.2, 0) is 4.79 Å². The van der Waals surface area contributed by atoms with Gasteiger partial charge >= 0.3 is 11.7 Å². The van der Waals surface area contributed by atoms with Crippen LogP contribution in [0.15, 0.2) is 59.0 Å². The van der Waals surface area contributed by atoms with E-state index in [2.05, 4.69) is 10.5 Å². The van der Waals surface area contributed by atoms with Gasteiger partial charge in [-0.1, -0.05) is 12.1 Å². The van der Waals surface area contributed by atoms with E-state index in [1.54, 1.807) is 48.7 Å². The topological polar surface area (TPSA) is 129 Å². The molecule has 0 atom stereocenters. The molecule has 0 aliphatic rings. The first-order chi connectivity index (χ1) is 15.9. The Bertz CT molecular complexity index is 1190. The number of nitrogens with one attached hydrogen (secondary N) is 1. The van der Waals surface area contributed by atoms with Crippen LogP contribution < -0.4 is 19.6 Å². The Morgan fingerprint density at radius 3 is 2.64 bits per heavy atom. The Hall–Kier alpha value is -4.25. The number of rotatable bonds is 9. The highest BCUT2D eigenvalue weighted by atomic mass is 32.1. The van der Waals surface area contributed by atoms with E-state index in [9.17, 15) is 19.7 Å². The van der Waals surface area contributed by atoms with Crippen molar-refractivity contribution >= 4 is 35.1 Å². The van der Waals surface area contributed by atoms with E-state index in [-0.39, 0.29) is 17.2 Å². The van der Waals surface area contributed by atoms with Crippen LogP contribution in [-0.4, -0.2) is 36.7 Å². The number of nitro groups is 1. The summed E-state index contributed by atoms with van der Waals surface area (Å²) < 4.78 is 15.9. The van der Waals surface area contributed by atoms with E-state index in [0.717, 1.165) is 0 Å². The highest BCUT2D eigenvalue weighted by Gasteiger charge is 2.16. The van der Waals surface area contributed by atoms with Crippen LogP contribution in [0.3, 0.4) is 0 Å². The number of hydrogen-bond donors (Lipinski definition) is 1. The fourth-order valence-electron chi connectivity index (χ4n) is 2.64. The summed E-state index contributed by atoms with van der Waals surface area (Å²) in [6, 6.07) is 12.6. The van der Waals surface area contributed by atoms with Crippen molar-refractivity contribution in [1.29, 1.82) is 0 Å². The average molecular weight is 469 g/mol. The molecule has 0 aliphatic carbocycles. The smallest absolute Gasteiger partial charge is 0.353 e. The van der Waals surface area contributed by atoms with Crippen molar-refractivity contribution in [2.45, 2.75) is 6.92 Å². The lowest BCUT2D eigenvalue weighted by Gasteiger charge is -2.09. The van der Waals surface area contributed by atoms with Gasteiger partial charge in [0.15, 0.2) is 23.9 Å². The molecule has 0 aliphatic heterocycles. The summed E-state index contributed by atoms with van der Waals surface area (Å²) in [5, 5.41) is 16.7. The van der Waals surface area contributed by atoms with Gasteiger partial charge in [0.05, 0.1) is 18.2 Å². The lowest BCUT2D eigenvalue weighted by Crippen LogP contribution is -2.24. The molecule has 1 aromatic heterocycles. The van der Waals surface area contributed by atoms with Gasteiger partial charge in [-0.2, -0.15) is 5.10 Å². The summed E-state index contributed by atoms with van der Waals surface area (Å²) in [7, 11) is 1.43. The Kier molecular flexibility index (Phi) is 7.71. The maximum Gasteiger partial charge on any atom is 0.353 e. The third kappa shape index (κ3) is 6.37. The molecule has 1 amide bonds.